The van der Waals surface area contributed by atoms with Crippen LogP contribution in [0.25, 0.3) is 11.6 Å². The highest BCUT2D eigenvalue weighted by molar-refractivity contribution is 9.10. The van der Waals surface area contributed by atoms with Gasteiger partial charge in [0.1, 0.15) is 0 Å². The highest BCUT2D eigenvalue weighted by Crippen LogP contribution is 2.43. The van der Waals surface area contributed by atoms with Crippen LogP contribution in [0.4, 0.5) is 17.1 Å². The van der Waals surface area contributed by atoms with Gasteiger partial charge in [-0.1, -0.05) is 0 Å². The summed E-state index contributed by atoms with van der Waals surface area (Å²) in [6, 6.07) is 13.7. The van der Waals surface area contributed by atoms with E-state index in [1.54, 1.807) is 19.1 Å². The van der Waals surface area contributed by atoms with Gasteiger partial charge in [0.2, 0.25) is 5.75 Å². The van der Waals surface area contributed by atoms with Crippen molar-refractivity contribution in [2.24, 2.45) is 0 Å². The fourth-order valence-electron chi connectivity index (χ4n) is 3.10. The highest BCUT2D eigenvalue weighted by Gasteiger charge is 2.23. The predicted molar refractivity (Wildman–Crippen MR) is 132 cm³/mol. The fraction of sp³-hybridized carbons (Fsp3) is 0.0870. The van der Waals surface area contributed by atoms with Gasteiger partial charge in [-0.15, -0.1) is 0 Å². The molecule has 0 bridgehead atoms. The number of allylic oxidation sites excluding steroid dienone is 1. The van der Waals surface area contributed by atoms with E-state index in [2.05, 4.69) is 15.9 Å². The number of benzene rings is 3. The van der Waals surface area contributed by atoms with Crippen LogP contribution in [0, 0.1) is 41.7 Å². The summed E-state index contributed by atoms with van der Waals surface area (Å²) in [4.78, 5) is 31.2. The average molecular weight is 555 g/mol. The van der Waals surface area contributed by atoms with E-state index in [0.717, 1.165) is 18.2 Å². The van der Waals surface area contributed by atoms with Crippen LogP contribution in [-0.2, 0) is 0 Å². The summed E-state index contributed by atoms with van der Waals surface area (Å²) >= 11 is 3.35. The normalized spacial score (nSPS) is 10.9. The van der Waals surface area contributed by atoms with E-state index >= 15 is 0 Å². The van der Waals surface area contributed by atoms with Crippen LogP contribution in [0.15, 0.2) is 59.1 Å². The molecule has 182 valence electrons. The molecule has 13 heteroatoms. The maximum Gasteiger partial charge on any atom is 0.318 e. The van der Waals surface area contributed by atoms with Gasteiger partial charge in [0.05, 0.1) is 43.6 Å². The van der Waals surface area contributed by atoms with Gasteiger partial charge in [-0.2, -0.15) is 5.26 Å². The van der Waals surface area contributed by atoms with Gasteiger partial charge in [-0.3, -0.25) is 30.3 Å². The lowest BCUT2D eigenvalue weighted by molar-refractivity contribution is -0.394. The van der Waals surface area contributed by atoms with Crippen molar-refractivity contribution in [3.8, 4) is 23.3 Å². The van der Waals surface area contributed by atoms with Gasteiger partial charge < -0.3 is 9.47 Å². The van der Waals surface area contributed by atoms with Crippen LogP contribution in [0.2, 0.25) is 0 Å². The van der Waals surface area contributed by atoms with Gasteiger partial charge in [0.25, 0.3) is 11.4 Å². The van der Waals surface area contributed by atoms with E-state index in [-0.39, 0.29) is 35.1 Å². The minimum absolute atomic E-state index is 0.0831. The number of nitrogens with zero attached hydrogens (tertiary/aromatic N) is 4. The molecule has 0 amide bonds. The number of non-ortho nitro benzene ring substituents is 2. The molecular weight excluding hydrogens is 540 g/mol. The number of rotatable bonds is 9. The average Bonchev–Trinajstić information content (AvgIpc) is 2.84. The molecule has 0 aliphatic rings. The third-order valence-corrected chi connectivity index (χ3v) is 5.30. The van der Waals surface area contributed by atoms with E-state index in [1.165, 1.54) is 30.3 Å². The van der Waals surface area contributed by atoms with Crippen molar-refractivity contribution in [3.05, 3.63) is 101 Å². The molecule has 12 nitrogen and oxygen atoms in total. The molecule has 0 atom stereocenters. The van der Waals surface area contributed by atoms with Gasteiger partial charge >= 0.3 is 5.69 Å². The van der Waals surface area contributed by atoms with Crippen LogP contribution in [0.3, 0.4) is 0 Å². The molecule has 0 aliphatic carbocycles. The smallest absolute Gasteiger partial charge is 0.318 e. The van der Waals surface area contributed by atoms with Crippen molar-refractivity contribution in [2.75, 3.05) is 6.61 Å². The Kier molecular flexibility index (Phi) is 7.92. The second-order valence-electron chi connectivity index (χ2n) is 7.01. The molecule has 3 aromatic carbocycles. The maximum absolute atomic E-state index is 11.5. The minimum Gasteiger partial charge on any atom is -0.490 e. The Hall–Kier alpha value is -4.83. The monoisotopic (exact) mass is 554 g/mol. The molecule has 3 rings (SSSR count). The predicted octanol–water partition coefficient (Wildman–Crippen LogP) is 6.43. The topological polar surface area (TPSA) is 172 Å². The fourth-order valence-corrected chi connectivity index (χ4v) is 3.64. The second-order valence-corrected chi connectivity index (χ2v) is 7.86. The van der Waals surface area contributed by atoms with Crippen molar-refractivity contribution < 1.29 is 24.2 Å². The summed E-state index contributed by atoms with van der Waals surface area (Å²) in [5, 5.41) is 43.0. The molecule has 0 radical (unpaired) electrons. The summed E-state index contributed by atoms with van der Waals surface area (Å²) in [5.41, 5.74) is 0.00401. The van der Waals surface area contributed by atoms with Gasteiger partial charge in [-0.05, 0) is 70.4 Å². The van der Waals surface area contributed by atoms with Crippen molar-refractivity contribution in [3.63, 3.8) is 0 Å². The van der Waals surface area contributed by atoms with Gasteiger partial charge in [-0.25, -0.2) is 0 Å². The van der Waals surface area contributed by atoms with Gasteiger partial charge in [0, 0.05) is 18.2 Å². The van der Waals surface area contributed by atoms with Crippen molar-refractivity contribution in [2.45, 2.75) is 6.92 Å². The lowest BCUT2D eigenvalue weighted by Crippen LogP contribution is -1.99. The second kappa shape index (κ2) is 11.1. The highest BCUT2D eigenvalue weighted by atomic mass is 79.9. The molecule has 0 aromatic heterocycles. The molecule has 36 heavy (non-hydrogen) atoms. The molecule has 3 aromatic rings. The third-order valence-electron chi connectivity index (χ3n) is 4.71. The maximum atomic E-state index is 11.5. The van der Waals surface area contributed by atoms with Crippen LogP contribution in [-0.4, -0.2) is 21.4 Å². The molecule has 0 spiro atoms. The van der Waals surface area contributed by atoms with Crippen molar-refractivity contribution >= 4 is 44.6 Å². The van der Waals surface area contributed by atoms with Crippen LogP contribution < -0.4 is 9.47 Å². The quantitative estimate of drug-likeness (QED) is 0.125. The zero-order valence-corrected chi connectivity index (χ0v) is 20.0. The molecule has 0 heterocycles. The Morgan fingerprint density at radius 1 is 0.944 bits per heavy atom. The Morgan fingerprint density at radius 3 is 2.14 bits per heavy atom. The Labute approximate surface area is 211 Å². The van der Waals surface area contributed by atoms with Crippen LogP contribution >= 0.6 is 15.9 Å². The summed E-state index contributed by atoms with van der Waals surface area (Å²) in [7, 11) is 0. The molecule has 0 unspecified atom stereocenters. The van der Waals surface area contributed by atoms with E-state index in [4.69, 9.17) is 9.47 Å². The summed E-state index contributed by atoms with van der Waals surface area (Å²) in [6.45, 7) is 1.93. The number of nitriles is 1. The third kappa shape index (κ3) is 5.80. The first-order chi connectivity index (χ1) is 17.1. The zero-order valence-electron chi connectivity index (χ0n) is 18.4. The first-order valence-electron chi connectivity index (χ1n) is 10.1. The first-order valence-corrected chi connectivity index (χ1v) is 10.9. The van der Waals surface area contributed by atoms with Crippen molar-refractivity contribution in [1.82, 2.24) is 0 Å². The number of hydrogen-bond acceptors (Lipinski definition) is 9. The van der Waals surface area contributed by atoms with E-state index in [0.29, 0.717) is 15.6 Å². The standard InChI is InChI=1S/C23H15BrN4O8/c1-2-35-22-11-14(9-16(13-25)15-3-5-17(6-4-15)26(29)30)10-19(24)23(22)36-21-8-7-18(27(31)32)12-20(21)28(33)34/h3-12H,2H2,1H3/b16-9+. The zero-order chi connectivity index (χ0) is 26.4. The molecule has 0 fully saturated rings. The van der Waals surface area contributed by atoms with E-state index in [1.807, 2.05) is 6.07 Å². The summed E-state index contributed by atoms with van der Waals surface area (Å²) in [5.74, 6) is 0.0331. The van der Waals surface area contributed by atoms with E-state index < -0.39 is 26.1 Å². The van der Waals surface area contributed by atoms with Gasteiger partial charge in [0.15, 0.2) is 11.5 Å². The van der Waals surface area contributed by atoms with Crippen LogP contribution in [0.1, 0.15) is 18.1 Å². The number of hydrogen-bond donors (Lipinski definition) is 0. The number of ether oxygens (including phenoxy) is 2. The Balaban J connectivity index is 2.04. The summed E-state index contributed by atoms with van der Waals surface area (Å²) in [6.07, 6.45) is 1.53. The Bertz CT molecular complexity index is 1430. The molecule has 0 aliphatic heterocycles. The first kappa shape index (κ1) is 25.8. The molecular formula is C23H15BrN4O8. The molecule has 0 saturated heterocycles. The van der Waals surface area contributed by atoms with Crippen LogP contribution in [0.5, 0.6) is 17.2 Å². The van der Waals surface area contributed by atoms with Crippen molar-refractivity contribution in [1.29, 1.82) is 5.26 Å². The largest absolute Gasteiger partial charge is 0.490 e. The number of nitro groups is 3. The number of halogens is 1. The summed E-state index contributed by atoms with van der Waals surface area (Å²) < 4.78 is 11.7. The molecule has 0 N–H and O–H groups in total. The lowest BCUT2D eigenvalue weighted by atomic mass is 10.0. The minimum atomic E-state index is -0.795. The van der Waals surface area contributed by atoms with E-state index in [9.17, 15) is 35.6 Å². The Morgan fingerprint density at radius 2 is 1.58 bits per heavy atom. The lowest BCUT2D eigenvalue weighted by Gasteiger charge is -2.14. The SMILES string of the molecule is CCOc1cc(/C=C(\C#N)c2ccc([N+](=O)[O-])cc2)cc(Br)c1Oc1ccc([N+](=O)[O-])cc1[N+](=O)[O-]. The number of nitro benzene ring substituents is 3. The molecule has 0 saturated carbocycles.